The van der Waals surface area contributed by atoms with Gasteiger partial charge in [0.1, 0.15) is 0 Å². The molecule has 0 saturated carbocycles. The first-order valence-corrected chi connectivity index (χ1v) is 20.9. The smallest absolute Gasteiger partial charge is 0.428 e. The molecule has 0 atom stereocenters. The van der Waals surface area contributed by atoms with Crippen molar-refractivity contribution >= 4 is 24.0 Å². The van der Waals surface area contributed by atoms with Gasteiger partial charge in [-0.15, -0.1) is 0 Å². The summed E-state index contributed by atoms with van der Waals surface area (Å²) in [5, 5.41) is 0. The molecule has 298 valence electrons. The number of para-hydroxylation sites is 2. The predicted octanol–water partition coefficient (Wildman–Crippen LogP) is 11.5. The molecule has 0 fully saturated rings. The normalized spacial score (nSPS) is 12.2. The molecule has 2 aromatic heterocycles. The maximum Gasteiger partial charge on any atom is 0.673 e. The molecule has 0 radical (unpaired) electrons. The Morgan fingerprint density at radius 1 is 0.373 bits per heavy atom. The molecular formula is C52H55BN4O2. The van der Waals surface area contributed by atoms with Crippen LogP contribution in [0, 0.1) is 0 Å². The van der Waals surface area contributed by atoms with Gasteiger partial charge in [-0.2, -0.15) is 9.46 Å². The molecule has 0 unspecified atom stereocenters. The first-order chi connectivity index (χ1) is 28.6. The molecule has 0 aliphatic carbocycles. The molecule has 0 aliphatic rings. The summed E-state index contributed by atoms with van der Waals surface area (Å²) in [5.74, 6) is 1.07. The van der Waals surface area contributed by atoms with E-state index in [4.69, 9.17) is 19.5 Å². The first kappa shape index (κ1) is 40.8. The number of nitrogens with zero attached hydrogens (tertiary/aromatic N) is 4. The summed E-state index contributed by atoms with van der Waals surface area (Å²) in [7, 11) is -0.946. The molecule has 0 bridgehead atoms. The van der Waals surface area contributed by atoms with Crippen LogP contribution in [0.15, 0.2) is 174 Å². The summed E-state index contributed by atoms with van der Waals surface area (Å²) in [6.07, 6.45) is 0. The summed E-state index contributed by atoms with van der Waals surface area (Å²) < 4.78 is 18.2. The molecule has 0 saturated heterocycles. The van der Waals surface area contributed by atoms with Crippen molar-refractivity contribution in [3.63, 3.8) is 0 Å². The molecule has 5 aromatic carbocycles. The lowest BCUT2D eigenvalue weighted by Crippen LogP contribution is -2.54. The van der Waals surface area contributed by atoms with Crippen molar-refractivity contribution in [2.75, 3.05) is 0 Å². The maximum atomic E-state index is 7.25. The quantitative estimate of drug-likeness (QED) is 0.109. The van der Waals surface area contributed by atoms with E-state index in [2.05, 4.69) is 128 Å². The van der Waals surface area contributed by atoms with Crippen LogP contribution in [0.1, 0.15) is 101 Å². The minimum Gasteiger partial charge on any atom is -0.428 e. The van der Waals surface area contributed by atoms with Crippen LogP contribution in [-0.4, -0.2) is 16.6 Å². The largest absolute Gasteiger partial charge is 0.673 e. The average Bonchev–Trinajstić information content (AvgIpc) is 3.25. The Balaban J connectivity index is 1.50. The number of rotatable bonds is 13. The highest BCUT2D eigenvalue weighted by molar-refractivity contribution is 6.61. The summed E-state index contributed by atoms with van der Waals surface area (Å²) >= 11 is 0. The Morgan fingerprint density at radius 2 is 0.695 bits per heavy atom. The van der Waals surface area contributed by atoms with Crippen molar-refractivity contribution in [3.8, 4) is 22.5 Å². The number of hydrogen-bond donors (Lipinski definition) is 0. The van der Waals surface area contributed by atoms with Gasteiger partial charge in [0.05, 0.1) is 22.8 Å². The zero-order chi connectivity index (χ0) is 41.5. The fourth-order valence-electron chi connectivity index (χ4n) is 7.45. The van der Waals surface area contributed by atoms with E-state index in [-0.39, 0.29) is 23.7 Å². The Hall–Kier alpha value is -6.34. The molecule has 2 heterocycles. The van der Waals surface area contributed by atoms with Gasteiger partial charge in [0.15, 0.2) is 11.0 Å². The third-order valence-corrected chi connectivity index (χ3v) is 10.6. The van der Waals surface area contributed by atoms with Gasteiger partial charge >= 0.3 is 7.12 Å². The van der Waals surface area contributed by atoms with E-state index < -0.39 is 7.12 Å². The van der Waals surface area contributed by atoms with Crippen molar-refractivity contribution in [1.29, 1.82) is 0 Å². The molecule has 0 spiro atoms. The topological polar surface area (TPSA) is 53.0 Å². The van der Waals surface area contributed by atoms with Crippen molar-refractivity contribution in [1.82, 2.24) is 9.46 Å². The minimum absolute atomic E-state index is 0.268. The molecule has 0 amide bonds. The minimum atomic E-state index is -0.946. The highest BCUT2D eigenvalue weighted by Gasteiger charge is 2.31. The highest BCUT2D eigenvalue weighted by atomic mass is 16.8. The molecular weight excluding hydrogens is 723 g/mol. The lowest BCUT2D eigenvalue weighted by Gasteiger charge is -2.24. The molecule has 7 rings (SSSR count). The molecule has 7 heteroatoms. The summed E-state index contributed by atoms with van der Waals surface area (Å²) in [6.45, 7) is 17.7. The molecule has 59 heavy (non-hydrogen) atoms. The van der Waals surface area contributed by atoms with Crippen LogP contribution in [0.4, 0.5) is 11.4 Å². The van der Waals surface area contributed by atoms with Crippen LogP contribution < -0.4 is 25.9 Å². The van der Waals surface area contributed by atoms with Gasteiger partial charge in [0.2, 0.25) is 0 Å². The molecule has 6 nitrogen and oxygen atoms in total. The first-order valence-electron chi connectivity index (χ1n) is 20.9. The predicted molar refractivity (Wildman–Crippen MR) is 244 cm³/mol. The van der Waals surface area contributed by atoms with Gasteiger partial charge in [0.25, 0.3) is 0 Å². The molecule has 0 N–H and O–H groups in total. The maximum absolute atomic E-state index is 7.25. The van der Waals surface area contributed by atoms with E-state index in [1.165, 1.54) is 22.3 Å². The SMILES string of the molecule is CC(C)c1cccc(C(C)C)c1N=c1cccc(-c2ccccc2)n1OB(On1c(-c2ccccc2)cccc1=Nc1c(C(C)C)cccc1C(C)C)c1ccccc1. The van der Waals surface area contributed by atoms with Crippen LogP contribution in [0.2, 0.25) is 0 Å². The van der Waals surface area contributed by atoms with E-state index in [0.717, 1.165) is 39.4 Å². The van der Waals surface area contributed by atoms with Crippen LogP contribution in [0.5, 0.6) is 0 Å². The second-order valence-corrected chi connectivity index (χ2v) is 16.2. The fourth-order valence-corrected chi connectivity index (χ4v) is 7.45. The lowest BCUT2D eigenvalue weighted by molar-refractivity contribution is 0.165. The van der Waals surface area contributed by atoms with Crippen LogP contribution in [0.25, 0.3) is 22.5 Å². The Bertz CT molecular complexity index is 2410. The second-order valence-electron chi connectivity index (χ2n) is 16.2. The van der Waals surface area contributed by atoms with Crippen LogP contribution >= 0.6 is 0 Å². The zero-order valence-electron chi connectivity index (χ0n) is 35.6. The monoisotopic (exact) mass is 778 g/mol. The highest BCUT2D eigenvalue weighted by Crippen LogP contribution is 2.36. The van der Waals surface area contributed by atoms with Gasteiger partial charge in [-0.05, 0) is 70.2 Å². The van der Waals surface area contributed by atoms with Crippen molar-refractivity contribution < 1.29 is 9.51 Å². The van der Waals surface area contributed by atoms with E-state index in [1.807, 2.05) is 100 Å². The fraction of sp³-hybridized carbons (Fsp3) is 0.231. The summed E-state index contributed by atoms with van der Waals surface area (Å²) in [4.78, 5) is 10.9. The standard InChI is InChI=1S/C52H55BN4O2/c1-36(2)43-28-18-29-44(37(3)4)51(43)54-49-34-20-32-47(40-22-12-9-13-23-40)56(49)58-53(42-26-16-11-17-27-42)59-57-48(41-24-14-10-15-25-41)33-21-35-50(57)55-52-45(38(5)6)30-19-31-46(52)39(7)8/h9-39H,1-8H3. The number of pyridine rings is 2. The van der Waals surface area contributed by atoms with Crippen LogP contribution in [0.3, 0.4) is 0 Å². The van der Waals surface area contributed by atoms with Gasteiger partial charge in [0, 0.05) is 16.6 Å². The Morgan fingerprint density at radius 3 is 1.03 bits per heavy atom. The zero-order valence-corrected chi connectivity index (χ0v) is 35.6. The number of aromatic nitrogens is 2. The summed E-state index contributed by atoms with van der Waals surface area (Å²) in [5.41, 5.74) is 12.4. The van der Waals surface area contributed by atoms with E-state index >= 15 is 0 Å². The van der Waals surface area contributed by atoms with Gasteiger partial charge in [-0.1, -0.05) is 195 Å². The van der Waals surface area contributed by atoms with E-state index in [0.29, 0.717) is 11.0 Å². The lowest BCUT2D eigenvalue weighted by atomic mass is 9.80. The van der Waals surface area contributed by atoms with Gasteiger partial charge in [-0.3, -0.25) is 0 Å². The number of hydrogen-bond acceptors (Lipinski definition) is 4. The van der Waals surface area contributed by atoms with Crippen molar-refractivity contribution in [2.45, 2.75) is 79.1 Å². The van der Waals surface area contributed by atoms with E-state index in [1.54, 1.807) is 0 Å². The van der Waals surface area contributed by atoms with Crippen molar-refractivity contribution in [3.05, 3.63) is 197 Å². The number of benzene rings is 5. The Kier molecular flexibility index (Phi) is 12.8. The van der Waals surface area contributed by atoms with Gasteiger partial charge < -0.3 is 9.51 Å². The van der Waals surface area contributed by atoms with E-state index in [9.17, 15) is 0 Å². The third-order valence-electron chi connectivity index (χ3n) is 10.6. The molecule has 0 aliphatic heterocycles. The van der Waals surface area contributed by atoms with Crippen molar-refractivity contribution in [2.24, 2.45) is 9.98 Å². The Labute approximate surface area is 350 Å². The average molecular weight is 779 g/mol. The van der Waals surface area contributed by atoms with Gasteiger partial charge in [-0.25, -0.2) is 9.98 Å². The van der Waals surface area contributed by atoms with Crippen LogP contribution in [-0.2, 0) is 0 Å². The molecule has 7 aromatic rings. The third kappa shape index (κ3) is 9.20. The second kappa shape index (κ2) is 18.5. The summed E-state index contributed by atoms with van der Waals surface area (Å²) in [6, 6.07) is 55.9.